The summed E-state index contributed by atoms with van der Waals surface area (Å²) in [6, 6.07) is 7.90. The highest BCUT2D eigenvalue weighted by molar-refractivity contribution is 5.78. The third kappa shape index (κ3) is 2.46. The number of H-pyrrole nitrogens is 1. The summed E-state index contributed by atoms with van der Waals surface area (Å²) >= 11 is 0. The summed E-state index contributed by atoms with van der Waals surface area (Å²) in [4.78, 5) is 21.3. The Morgan fingerprint density at radius 2 is 2.26 bits per heavy atom. The van der Waals surface area contributed by atoms with Crippen molar-refractivity contribution in [3.8, 4) is 0 Å². The van der Waals surface area contributed by atoms with Crippen LogP contribution in [0.5, 0.6) is 0 Å². The average Bonchev–Trinajstić information content (AvgIpc) is 2.99. The largest absolute Gasteiger partial charge is 0.396 e. The second-order valence-corrected chi connectivity index (χ2v) is 5.04. The van der Waals surface area contributed by atoms with Crippen LogP contribution in [0.4, 0.5) is 0 Å². The average molecular weight is 259 g/mol. The lowest BCUT2D eigenvalue weighted by molar-refractivity contribution is -0.127. The molecule has 0 spiro atoms. The van der Waals surface area contributed by atoms with Crippen LogP contribution in [0, 0.1) is 5.92 Å². The van der Waals surface area contributed by atoms with Gasteiger partial charge in [0.15, 0.2) is 0 Å². The van der Waals surface area contributed by atoms with Crippen molar-refractivity contribution < 1.29 is 9.90 Å². The minimum Gasteiger partial charge on any atom is -0.396 e. The molecule has 1 saturated heterocycles. The highest BCUT2D eigenvalue weighted by Crippen LogP contribution is 2.17. The standard InChI is InChI=1S/C14H17N3O2/c18-9-10-7-14(19)17(8-10)6-5-13-15-11-3-1-2-4-12(11)16-13/h1-4,10,18H,5-9H2,(H,15,16). The molecule has 2 aromatic rings. The summed E-state index contributed by atoms with van der Waals surface area (Å²) in [7, 11) is 0. The lowest BCUT2D eigenvalue weighted by Crippen LogP contribution is -2.28. The Labute approximate surface area is 111 Å². The number of nitrogens with zero attached hydrogens (tertiary/aromatic N) is 2. The monoisotopic (exact) mass is 259 g/mol. The molecule has 5 nitrogen and oxygen atoms in total. The zero-order valence-corrected chi connectivity index (χ0v) is 10.7. The first-order valence-electron chi connectivity index (χ1n) is 6.58. The lowest BCUT2D eigenvalue weighted by atomic mass is 10.1. The summed E-state index contributed by atoms with van der Waals surface area (Å²) in [6.45, 7) is 1.41. The van der Waals surface area contributed by atoms with Crippen LogP contribution in [-0.4, -0.2) is 45.6 Å². The van der Waals surface area contributed by atoms with Crippen molar-refractivity contribution in [3.05, 3.63) is 30.1 Å². The number of likely N-dealkylation sites (tertiary alicyclic amines) is 1. The van der Waals surface area contributed by atoms with Crippen molar-refractivity contribution >= 4 is 16.9 Å². The van der Waals surface area contributed by atoms with Gasteiger partial charge >= 0.3 is 0 Å². The zero-order valence-electron chi connectivity index (χ0n) is 10.7. The number of carbonyl (C=O) groups is 1. The Balaban J connectivity index is 1.64. The molecule has 5 heteroatoms. The molecule has 2 heterocycles. The van der Waals surface area contributed by atoms with Crippen LogP contribution in [0.15, 0.2) is 24.3 Å². The van der Waals surface area contributed by atoms with Gasteiger partial charge in [0, 0.05) is 38.5 Å². The van der Waals surface area contributed by atoms with Gasteiger partial charge in [0.25, 0.3) is 0 Å². The molecule has 1 amide bonds. The van der Waals surface area contributed by atoms with Gasteiger partial charge in [-0.1, -0.05) is 12.1 Å². The van der Waals surface area contributed by atoms with Crippen LogP contribution in [0.2, 0.25) is 0 Å². The molecular weight excluding hydrogens is 242 g/mol. The van der Waals surface area contributed by atoms with Gasteiger partial charge in [-0.3, -0.25) is 4.79 Å². The van der Waals surface area contributed by atoms with E-state index < -0.39 is 0 Å². The second kappa shape index (κ2) is 5.01. The zero-order chi connectivity index (χ0) is 13.2. The Bertz CT molecular complexity index is 560. The molecule has 0 aliphatic carbocycles. The molecule has 1 aromatic carbocycles. The first-order valence-corrected chi connectivity index (χ1v) is 6.58. The molecule has 0 bridgehead atoms. The van der Waals surface area contributed by atoms with E-state index in [0.717, 1.165) is 23.3 Å². The number of fused-ring (bicyclic) bond motifs is 1. The maximum Gasteiger partial charge on any atom is 0.223 e. The maximum absolute atomic E-state index is 11.7. The summed E-state index contributed by atoms with van der Waals surface area (Å²) < 4.78 is 0. The van der Waals surface area contributed by atoms with Gasteiger partial charge in [0.1, 0.15) is 5.82 Å². The van der Waals surface area contributed by atoms with E-state index in [2.05, 4.69) is 9.97 Å². The number of amides is 1. The Hall–Kier alpha value is -1.88. The number of imidazole rings is 1. The fourth-order valence-corrected chi connectivity index (χ4v) is 2.56. The van der Waals surface area contributed by atoms with Crippen LogP contribution < -0.4 is 0 Å². The van der Waals surface area contributed by atoms with Gasteiger partial charge in [0.2, 0.25) is 5.91 Å². The van der Waals surface area contributed by atoms with Crippen molar-refractivity contribution in [2.45, 2.75) is 12.8 Å². The fraction of sp³-hybridized carbons (Fsp3) is 0.429. The van der Waals surface area contributed by atoms with E-state index in [-0.39, 0.29) is 18.4 Å². The van der Waals surface area contributed by atoms with Crippen LogP contribution in [-0.2, 0) is 11.2 Å². The normalized spacial score (nSPS) is 19.5. The summed E-state index contributed by atoms with van der Waals surface area (Å²) in [5.41, 5.74) is 1.98. The summed E-state index contributed by atoms with van der Waals surface area (Å²) in [5.74, 6) is 1.14. The first-order chi connectivity index (χ1) is 9.26. The summed E-state index contributed by atoms with van der Waals surface area (Å²) in [6.07, 6.45) is 1.19. The van der Waals surface area contributed by atoms with E-state index in [1.54, 1.807) is 0 Å². The van der Waals surface area contributed by atoms with Gasteiger partial charge in [-0.2, -0.15) is 0 Å². The summed E-state index contributed by atoms with van der Waals surface area (Å²) in [5, 5.41) is 9.08. The Morgan fingerprint density at radius 1 is 1.42 bits per heavy atom. The quantitative estimate of drug-likeness (QED) is 0.858. The van der Waals surface area contributed by atoms with E-state index in [9.17, 15) is 4.79 Å². The number of benzene rings is 1. The highest BCUT2D eigenvalue weighted by atomic mass is 16.3. The minimum absolute atomic E-state index is 0.0902. The molecule has 0 radical (unpaired) electrons. The Kier molecular flexibility index (Phi) is 3.21. The molecule has 3 rings (SSSR count). The molecule has 1 aliphatic rings. The van der Waals surface area contributed by atoms with E-state index in [0.29, 0.717) is 19.5 Å². The number of aromatic nitrogens is 2. The Morgan fingerprint density at radius 3 is 3.00 bits per heavy atom. The van der Waals surface area contributed by atoms with E-state index in [1.807, 2.05) is 29.2 Å². The molecule has 100 valence electrons. The molecular formula is C14H17N3O2. The van der Waals surface area contributed by atoms with Crippen LogP contribution >= 0.6 is 0 Å². The third-order valence-corrected chi connectivity index (χ3v) is 3.61. The fourth-order valence-electron chi connectivity index (χ4n) is 2.56. The van der Waals surface area contributed by atoms with E-state index in [4.69, 9.17) is 5.11 Å². The number of aromatic amines is 1. The highest BCUT2D eigenvalue weighted by Gasteiger charge is 2.28. The number of para-hydroxylation sites is 2. The van der Waals surface area contributed by atoms with E-state index >= 15 is 0 Å². The first kappa shape index (κ1) is 12.2. The van der Waals surface area contributed by atoms with Crippen LogP contribution in [0.25, 0.3) is 11.0 Å². The number of aliphatic hydroxyl groups excluding tert-OH is 1. The van der Waals surface area contributed by atoms with Gasteiger partial charge in [-0.15, -0.1) is 0 Å². The number of aliphatic hydroxyl groups is 1. The van der Waals surface area contributed by atoms with E-state index in [1.165, 1.54) is 0 Å². The van der Waals surface area contributed by atoms with Crippen molar-refractivity contribution in [2.75, 3.05) is 19.7 Å². The van der Waals surface area contributed by atoms with Gasteiger partial charge in [-0.25, -0.2) is 4.98 Å². The number of rotatable bonds is 4. The predicted molar refractivity (Wildman–Crippen MR) is 71.6 cm³/mol. The van der Waals surface area contributed by atoms with Crippen molar-refractivity contribution in [3.63, 3.8) is 0 Å². The van der Waals surface area contributed by atoms with Crippen molar-refractivity contribution in [1.29, 1.82) is 0 Å². The van der Waals surface area contributed by atoms with Crippen LogP contribution in [0.3, 0.4) is 0 Å². The van der Waals surface area contributed by atoms with Gasteiger partial charge < -0.3 is 15.0 Å². The van der Waals surface area contributed by atoms with Gasteiger partial charge in [0.05, 0.1) is 11.0 Å². The van der Waals surface area contributed by atoms with Crippen LogP contribution in [0.1, 0.15) is 12.2 Å². The molecule has 19 heavy (non-hydrogen) atoms. The molecule has 1 fully saturated rings. The third-order valence-electron chi connectivity index (χ3n) is 3.61. The minimum atomic E-state index is 0.0902. The number of hydrogen-bond donors (Lipinski definition) is 2. The molecule has 1 atom stereocenters. The lowest BCUT2D eigenvalue weighted by Gasteiger charge is -2.15. The molecule has 1 aliphatic heterocycles. The predicted octanol–water partition coefficient (Wildman–Crippen LogP) is 0.946. The number of nitrogens with one attached hydrogen (secondary N) is 1. The molecule has 1 aromatic heterocycles. The number of carbonyl (C=O) groups excluding carboxylic acids is 1. The topological polar surface area (TPSA) is 69.2 Å². The molecule has 2 N–H and O–H groups in total. The van der Waals surface area contributed by atoms with Crippen molar-refractivity contribution in [1.82, 2.24) is 14.9 Å². The second-order valence-electron chi connectivity index (χ2n) is 5.04. The maximum atomic E-state index is 11.7. The smallest absolute Gasteiger partial charge is 0.223 e. The van der Waals surface area contributed by atoms with Crippen molar-refractivity contribution in [2.24, 2.45) is 5.92 Å². The number of hydrogen-bond acceptors (Lipinski definition) is 3. The van der Waals surface area contributed by atoms with Gasteiger partial charge in [-0.05, 0) is 12.1 Å². The molecule has 0 saturated carbocycles. The molecule has 1 unspecified atom stereocenters. The SMILES string of the molecule is O=C1CC(CO)CN1CCc1nc2ccccc2[nH]1.